The number of carbonyl (C=O) groups is 1. The second-order valence-corrected chi connectivity index (χ2v) is 4.37. The van der Waals surface area contributed by atoms with E-state index in [1.807, 2.05) is 6.92 Å². The van der Waals surface area contributed by atoms with Gasteiger partial charge in [0.2, 0.25) is 0 Å². The molecule has 2 rings (SSSR count). The summed E-state index contributed by atoms with van der Waals surface area (Å²) in [6, 6.07) is 8.94. The molecule has 20 heavy (non-hydrogen) atoms. The van der Waals surface area contributed by atoms with E-state index in [0.29, 0.717) is 17.0 Å². The van der Waals surface area contributed by atoms with Crippen LogP contribution in [0.4, 0.5) is 15.8 Å². The molecule has 0 atom stereocenters. The van der Waals surface area contributed by atoms with Crippen LogP contribution in [-0.2, 0) is 0 Å². The van der Waals surface area contributed by atoms with Crippen LogP contribution in [0, 0.1) is 12.7 Å². The number of nitrogens with two attached hydrogens (primary N) is 1. The fraction of sp³-hybridized carbons (Fsp3) is 0.133. The predicted molar refractivity (Wildman–Crippen MR) is 76.5 cm³/mol. The van der Waals surface area contributed by atoms with Gasteiger partial charge < -0.3 is 15.8 Å². The summed E-state index contributed by atoms with van der Waals surface area (Å²) in [7, 11) is 1.54. The molecule has 0 spiro atoms. The van der Waals surface area contributed by atoms with Gasteiger partial charge >= 0.3 is 0 Å². The Kier molecular flexibility index (Phi) is 3.89. The minimum Gasteiger partial charge on any atom is -0.496 e. The van der Waals surface area contributed by atoms with Gasteiger partial charge in [-0.15, -0.1) is 0 Å². The molecule has 0 saturated carbocycles. The molecule has 0 saturated heterocycles. The predicted octanol–water partition coefficient (Wildman–Crippen LogP) is 2.98. The van der Waals surface area contributed by atoms with Gasteiger partial charge in [-0.1, -0.05) is 6.07 Å². The minimum absolute atomic E-state index is 0.178. The molecule has 0 aliphatic heterocycles. The van der Waals surface area contributed by atoms with Crippen LogP contribution in [0.5, 0.6) is 5.75 Å². The molecular formula is C15H15FN2O2. The van der Waals surface area contributed by atoms with Gasteiger partial charge in [0.1, 0.15) is 11.6 Å². The lowest BCUT2D eigenvalue weighted by Gasteiger charge is -2.10. The summed E-state index contributed by atoms with van der Waals surface area (Å²) in [6.07, 6.45) is 0. The molecule has 5 heteroatoms. The third kappa shape index (κ3) is 2.88. The van der Waals surface area contributed by atoms with Crippen molar-refractivity contribution in [2.24, 2.45) is 0 Å². The number of amides is 1. The van der Waals surface area contributed by atoms with Crippen molar-refractivity contribution in [3.8, 4) is 5.75 Å². The maximum atomic E-state index is 12.9. The number of halogens is 1. The van der Waals surface area contributed by atoms with E-state index >= 15 is 0 Å². The molecule has 0 unspecified atom stereocenters. The van der Waals surface area contributed by atoms with Crippen LogP contribution in [0.3, 0.4) is 0 Å². The first-order valence-electron chi connectivity index (χ1n) is 6.02. The molecule has 0 aliphatic carbocycles. The molecule has 2 aromatic rings. The quantitative estimate of drug-likeness (QED) is 0.846. The second-order valence-electron chi connectivity index (χ2n) is 4.37. The average Bonchev–Trinajstić information content (AvgIpc) is 2.42. The molecule has 4 nitrogen and oxygen atoms in total. The average molecular weight is 274 g/mol. The van der Waals surface area contributed by atoms with E-state index in [9.17, 15) is 9.18 Å². The largest absolute Gasteiger partial charge is 0.496 e. The number of nitrogens with one attached hydrogen (secondary N) is 1. The summed E-state index contributed by atoms with van der Waals surface area (Å²) >= 11 is 0. The Morgan fingerprint density at radius 2 is 2.00 bits per heavy atom. The Bertz CT molecular complexity index is 656. The number of methoxy groups -OCH3 is 1. The zero-order valence-electron chi connectivity index (χ0n) is 11.2. The van der Waals surface area contributed by atoms with Gasteiger partial charge in [-0.25, -0.2) is 4.39 Å². The van der Waals surface area contributed by atoms with Gasteiger partial charge in [-0.05, 0) is 42.8 Å². The van der Waals surface area contributed by atoms with Gasteiger partial charge in [0.05, 0.1) is 18.5 Å². The van der Waals surface area contributed by atoms with E-state index in [4.69, 9.17) is 10.5 Å². The summed E-state index contributed by atoms with van der Waals surface area (Å²) in [4.78, 5) is 12.1. The number of aryl methyl sites for hydroxylation is 1. The number of nitrogen functional groups attached to an aromatic ring is 1. The Balaban J connectivity index is 2.24. The highest BCUT2D eigenvalue weighted by atomic mass is 19.1. The Hall–Kier alpha value is -2.56. The maximum Gasteiger partial charge on any atom is 0.255 e. The normalized spacial score (nSPS) is 10.2. The van der Waals surface area contributed by atoms with Gasteiger partial charge in [-0.3, -0.25) is 4.79 Å². The van der Waals surface area contributed by atoms with E-state index < -0.39 is 5.82 Å². The van der Waals surface area contributed by atoms with Gasteiger partial charge in [0.25, 0.3) is 5.91 Å². The van der Waals surface area contributed by atoms with E-state index in [-0.39, 0.29) is 11.6 Å². The van der Waals surface area contributed by atoms with Crippen molar-refractivity contribution < 1.29 is 13.9 Å². The highest BCUT2D eigenvalue weighted by Crippen LogP contribution is 2.22. The summed E-state index contributed by atoms with van der Waals surface area (Å²) in [5, 5.41) is 2.64. The lowest BCUT2D eigenvalue weighted by Crippen LogP contribution is -2.13. The SMILES string of the molecule is COc1cc(C(=O)Nc2ccc(F)cc2N)ccc1C. The number of hydrogen-bond donors (Lipinski definition) is 2. The van der Waals surface area contributed by atoms with Gasteiger partial charge in [0, 0.05) is 5.56 Å². The standard InChI is InChI=1S/C15H15FN2O2/c1-9-3-4-10(7-14(9)20-2)15(19)18-13-6-5-11(16)8-12(13)17/h3-8H,17H2,1-2H3,(H,18,19). The van der Waals surface area contributed by atoms with Crippen LogP contribution in [0.25, 0.3) is 0 Å². The summed E-state index contributed by atoms with van der Waals surface area (Å²) in [5.41, 5.74) is 7.57. The zero-order chi connectivity index (χ0) is 14.7. The smallest absolute Gasteiger partial charge is 0.255 e. The van der Waals surface area contributed by atoms with E-state index in [2.05, 4.69) is 5.32 Å². The molecule has 1 amide bonds. The van der Waals surface area contributed by atoms with Crippen LogP contribution >= 0.6 is 0 Å². The number of anilines is 2. The molecule has 0 radical (unpaired) electrons. The number of hydrogen-bond acceptors (Lipinski definition) is 3. The van der Waals surface area contributed by atoms with Crippen molar-refractivity contribution in [1.29, 1.82) is 0 Å². The summed E-state index contributed by atoms with van der Waals surface area (Å²) in [6.45, 7) is 1.89. The van der Waals surface area contributed by atoms with Crippen LogP contribution in [-0.4, -0.2) is 13.0 Å². The minimum atomic E-state index is -0.447. The van der Waals surface area contributed by atoms with Crippen molar-refractivity contribution in [3.05, 3.63) is 53.3 Å². The Morgan fingerprint density at radius 3 is 2.65 bits per heavy atom. The highest BCUT2D eigenvalue weighted by molar-refractivity contribution is 6.06. The molecule has 0 heterocycles. The second kappa shape index (κ2) is 5.61. The summed E-state index contributed by atoms with van der Waals surface area (Å²) < 4.78 is 18.1. The zero-order valence-corrected chi connectivity index (χ0v) is 11.2. The molecular weight excluding hydrogens is 259 g/mol. The van der Waals surface area contributed by atoms with E-state index in [0.717, 1.165) is 11.6 Å². The monoisotopic (exact) mass is 274 g/mol. The van der Waals surface area contributed by atoms with Crippen molar-refractivity contribution in [2.75, 3.05) is 18.2 Å². The van der Waals surface area contributed by atoms with Crippen LogP contribution in [0.2, 0.25) is 0 Å². The lowest BCUT2D eigenvalue weighted by atomic mass is 10.1. The number of ether oxygens (including phenoxy) is 1. The first-order chi connectivity index (χ1) is 9.51. The van der Waals surface area contributed by atoms with Crippen molar-refractivity contribution in [2.45, 2.75) is 6.92 Å². The number of benzene rings is 2. The fourth-order valence-electron chi connectivity index (χ4n) is 1.80. The molecule has 0 bridgehead atoms. The molecule has 0 fully saturated rings. The van der Waals surface area contributed by atoms with Crippen LogP contribution in [0.1, 0.15) is 15.9 Å². The van der Waals surface area contributed by atoms with Gasteiger partial charge in [0.15, 0.2) is 0 Å². The fourth-order valence-corrected chi connectivity index (χ4v) is 1.80. The topological polar surface area (TPSA) is 64.3 Å². The molecule has 104 valence electrons. The lowest BCUT2D eigenvalue weighted by molar-refractivity contribution is 0.102. The molecule has 3 N–H and O–H groups in total. The van der Waals surface area contributed by atoms with Gasteiger partial charge in [-0.2, -0.15) is 0 Å². The summed E-state index contributed by atoms with van der Waals surface area (Å²) in [5.74, 6) is -0.149. The first kappa shape index (κ1) is 13.9. The third-order valence-corrected chi connectivity index (χ3v) is 2.93. The van der Waals surface area contributed by atoms with Crippen molar-refractivity contribution >= 4 is 17.3 Å². The highest BCUT2D eigenvalue weighted by Gasteiger charge is 2.10. The Morgan fingerprint density at radius 1 is 1.25 bits per heavy atom. The van der Waals surface area contributed by atoms with Crippen LogP contribution < -0.4 is 15.8 Å². The number of rotatable bonds is 3. The van der Waals surface area contributed by atoms with Crippen molar-refractivity contribution in [1.82, 2.24) is 0 Å². The van der Waals surface area contributed by atoms with E-state index in [1.54, 1.807) is 25.3 Å². The van der Waals surface area contributed by atoms with Crippen LogP contribution in [0.15, 0.2) is 36.4 Å². The first-order valence-corrected chi connectivity index (χ1v) is 6.02. The Labute approximate surface area is 116 Å². The van der Waals surface area contributed by atoms with E-state index in [1.165, 1.54) is 12.1 Å². The van der Waals surface area contributed by atoms with Crippen molar-refractivity contribution in [3.63, 3.8) is 0 Å². The maximum absolute atomic E-state index is 12.9. The number of carbonyl (C=O) groups excluding carboxylic acids is 1. The molecule has 0 aliphatic rings. The molecule has 0 aromatic heterocycles. The third-order valence-electron chi connectivity index (χ3n) is 2.93. The molecule has 2 aromatic carbocycles.